The Bertz CT molecular complexity index is 1860. The Hall–Kier alpha value is -4.54. The third-order valence-electron chi connectivity index (χ3n) is 7.58. The molecule has 1 saturated heterocycles. The average molecular weight is 587 g/mol. The summed E-state index contributed by atoms with van der Waals surface area (Å²) in [4.78, 5) is 25.1. The summed E-state index contributed by atoms with van der Waals surface area (Å²) >= 11 is 6.00. The van der Waals surface area contributed by atoms with E-state index in [9.17, 15) is 9.90 Å². The zero-order chi connectivity index (χ0) is 29.0. The summed E-state index contributed by atoms with van der Waals surface area (Å²) < 4.78 is 35.5. The van der Waals surface area contributed by atoms with Crippen molar-refractivity contribution >= 4 is 28.6 Å². The van der Waals surface area contributed by atoms with Crippen LogP contribution in [0.2, 0.25) is 5.02 Å². The fourth-order valence-electron chi connectivity index (χ4n) is 5.27. The van der Waals surface area contributed by atoms with Crippen LogP contribution in [0.5, 0.6) is 11.5 Å². The van der Waals surface area contributed by atoms with Gasteiger partial charge in [-0.1, -0.05) is 23.7 Å². The molecule has 1 N–H and O–H groups in total. The van der Waals surface area contributed by atoms with Gasteiger partial charge >= 0.3 is 5.97 Å². The summed E-state index contributed by atoms with van der Waals surface area (Å²) in [5.41, 5.74) is 3.34. The number of carboxylic acid groups (broad SMARTS) is 1. The van der Waals surface area contributed by atoms with Gasteiger partial charge in [0.1, 0.15) is 17.3 Å². The van der Waals surface area contributed by atoms with Gasteiger partial charge in [-0.15, -0.1) is 0 Å². The number of ether oxygens (including phenoxy) is 3. The quantitative estimate of drug-likeness (QED) is 0.247. The SMILES string of the molecule is CC1(c2ccc(Cl)cn2)Oc2cccc(-c3cnc(Cc4nc5ccc(C(=O)O)cc5n4C[C@@H]4CCO4)c(F)c3)c2O1. The highest BCUT2D eigenvalue weighted by molar-refractivity contribution is 6.30. The van der Waals surface area contributed by atoms with Crippen molar-refractivity contribution in [3.63, 3.8) is 0 Å². The minimum atomic E-state index is -1.18. The molecule has 9 nitrogen and oxygen atoms in total. The molecule has 42 heavy (non-hydrogen) atoms. The lowest BCUT2D eigenvalue weighted by Crippen LogP contribution is -2.32. The Morgan fingerprint density at radius 1 is 1.14 bits per heavy atom. The van der Waals surface area contributed by atoms with E-state index in [4.69, 9.17) is 30.8 Å². The standard InChI is InChI=1S/C31H24ClFN4O5/c1-31(27-8-6-19(32)15-35-27)41-26-4-2-3-21(29(26)42-31)18-11-22(33)24(34-14-18)13-28-36-23-7-5-17(30(38)39)12-25(23)37(28)16-20-9-10-40-20/h2-8,11-12,14-15,20H,9-10,13,16H2,1H3,(H,38,39)/t20-,31?/m0/s1. The predicted molar refractivity (Wildman–Crippen MR) is 151 cm³/mol. The van der Waals surface area contributed by atoms with Gasteiger partial charge in [0.05, 0.1) is 46.4 Å². The summed E-state index contributed by atoms with van der Waals surface area (Å²) in [6, 6.07) is 15.0. The molecule has 11 heteroatoms. The van der Waals surface area contributed by atoms with Crippen molar-refractivity contribution in [1.29, 1.82) is 0 Å². The van der Waals surface area contributed by atoms with Crippen molar-refractivity contribution in [2.24, 2.45) is 0 Å². The number of aromatic carboxylic acids is 1. The van der Waals surface area contributed by atoms with E-state index in [1.165, 1.54) is 18.3 Å². The third-order valence-corrected chi connectivity index (χ3v) is 7.80. The van der Waals surface area contributed by atoms with Crippen LogP contribution in [-0.2, 0) is 23.5 Å². The maximum absolute atomic E-state index is 15.6. The van der Waals surface area contributed by atoms with Gasteiger partial charge in [-0.25, -0.2) is 14.2 Å². The average Bonchev–Trinajstić information content (AvgIpc) is 3.48. The first-order valence-electron chi connectivity index (χ1n) is 13.4. The largest absolute Gasteiger partial charge is 0.478 e. The highest BCUT2D eigenvalue weighted by Gasteiger charge is 2.41. The zero-order valence-electron chi connectivity index (χ0n) is 22.4. The van der Waals surface area contributed by atoms with Crippen molar-refractivity contribution in [1.82, 2.24) is 19.5 Å². The molecule has 2 atom stereocenters. The van der Waals surface area contributed by atoms with Crippen molar-refractivity contribution in [2.75, 3.05) is 6.61 Å². The molecule has 0 spiro atoms. The molecular weight excluding hydrogens is 563 g/mol. The van der Waals surface area contributed by atoms with Crippen molar-refractivity contribution in [2.45, 2.75) is 38.2 Å². The Morgan fingerprint density at radius 2 is 2.00 bits per heavy atom. The number of benzene rings is 2. The molecule has 2 aliphatic heterocycles. The fourth-order valence-corrected chi connectivity index (χ4v) is 5.38. The van der Waals surface area contributed by atoms with E-state index in [-0.39, 0.29) is 23.8 Å². The van der Waals surface area contributed by atoms with E-state index in [1.807, 2.05) is 10.6 Å². The summed E-state index contributed by atoms with van der Waals surface area (Å²) in [5, 5.41) is 9.99. The van der Waals surface area contributed by atoms with E-state index in [1.54, 1.807) is 49.5 Å². The molecule has 3 aromatic heterocycles. The first-order chi connectivity index (χ1) is 20.3. The zero-order valence-corrected chi connectivity index (χ0v) is 23.1. The first kappa shape index (κ1) is 26.4. The van der Waals surface area contributed by atoms with E-state index in [0.717, 1.165) is 6.42 Å². The Kier molecular flexibility index (Phi) is 6.32. The van der Waals surface area contributed by atoms with Crippen LogP contribution in [0, 0.1) is 5.82 Å². The highest BCUT2D eigenvalue weighted by atomic mass is 35.5. The van der Waals surface area contributed by atoms with Gasteiger partial charge in [0.15, 0.2) is 11.5 Å². The molecule has 2 aromatic carbocycles. The molecule has 0 amide bonds. The number of hydrogen-bond acceptors (Lipinski definition) is 7. The van der Waals surface area contributed by atoms with Gasteiger partial charge in [-0.2, -0.15) is 0 Å². The van der Waals surface area contributed by atoms with Gasteiger partial charge < -0.3 is 23.9 Å². The minimum Gasteiger partial charge on any atom is -0.478 e. The molecule has 1 unspecified atom stereocenters. The van der Waals surface area contributed by atoms with Crippen LogP contribution in [-0.4, -0.2) is 43.3 Å². The molecule has 7 rings (SSSR count). The lowest BCUT2D eigenvalue weighted by atomic mass is 10.0. The monoisotopic (exact) mass is 586 g/mol. The second-order valence-electron chi connectivity index (χ2n) is 10.4. The topological polar surface area (TPSA) is 109 Å². The third kappa shape index (κ3) is 4.62. The molecule has 5 heterocycles. The second kappa shape index (κ2) is 10.1. The van der Waals surface area contributed by atoms with Crippen LogP contribution < -0.4 is 9.47 Å². The molecule has 0 aliphatic carbocycles. The molecule has 0 bridgehead atoms. The highest BCUT2D eigenvalue weighted by Crippen LogP contribution is 2.48. The lowest BCUT2D eigenvalue weighted by molar-refractivity contribution is -0.0715. The van der Waals surface area contributed by atoms with Crippen molar-refractivity contribution in [3.8, 4) is 22.6 Å². The molecule has 2 aliphatic rings. The van der Waals surface area contributed by atoms with Crippen molar-refractivity contribution < 1.29 is 28.5 Å². The van der Waals surface area contributed by atoms with Gasteiger partial charge in [0.2, 0.25) is 0 Å². The van der Waals surface area contributed by atoms with Gasteiger partial charge in [-0.05, 0) is 48.9 Å². The van der Waals surface area contributed by atoms with Gasteiger partial charge in [0, 0.05) is 37.1 Å². The summed E-state index contributed by atoms with van der Waals surface area (Å²) in [6.45, 7) is 2.93. The number of rotatable bonds is 7. The molecule has 0 saturated carbocycles. The maximum atomic E-state index is 15.6. The van der Waals surface area contributed by atoms with E-state index in [0.29, 0.717) is 63.4 Å². The molecular formula is C31H24ClFN4O5. The number of carbonyl (C=O) groups is 1. The number of imidazole rings is 1. The van der Waals surface area contributed by atoms with Crippen molar-refractivity contribution in [3.05, 3.63) is 101 Å². The number of halogens is 2. The van der Waals surface area contributed by atoms with Crippen LogP contribution in [0.4, 0.5) is 4.39 Å². The fraction of sp³-hybridized carbons (Fsp3) is 0.226. The second-order valence-corrected chi connectivity index (χ2v) is 10.8. The Morgan fingerprint density at radius 3 is 2.71 bits per heavy atom. The van der Waals surface area contributed by atoms with E-state index < -0.39 is 17.6 Å². The number of fused-ring (bicyclic) bond motifs is 2. The number of aromatic nitrogens is 4. The Balaban J connectivity index is 1.20. The molecule has 5 aromatic rings. The normalized spacial score (nSPS) is 19.2. The van der Waals surface area contributed by atoms with Crippen LogP contribution in [0.25, 0.3) is 22.2 Å². The summed E-state index contributed by atoms with van der Waals surface area (Å²) in [7, 11) is 0. The number of hydrogen-bond donors (Lipinski definition) is 1. The summed E-state index contributed by atoms with van der Waals surface area (Å²) in [5.74, 6) is -1.17. The molecule has 1 fully saturated rings. The maximum Gasteiger partial charge on any atom is 0.335 e. The van der Waals surface area contributed by atoms with Crippen LogP contribution in [0.15, 0.2) is 67.0 Å². The van der Waals surface area contributed by atoms with Crippen LogP contribution in [0.3, 0.4) is 0 Å². The van der Waals surface area contributed by atoms with Gasteiger partial charge in [0.25, 0.3) is 5.79 Å². The molecule has 0 radical (unpaired) electrons. The van der Waals surface area contributed by atoms with Crippen LogP contribution in [0.1, 0.15) is 40.9 Å². The first-order valence-corrected chi connectivity index (χ1v) is 13.8. The predicted octanol–water partition coefficient (Wildman–Crippen LogP) is 6.01. The smallest absolute Gasteiger partial charge is 0.335 e. The minimum absolute atomic E-state index is 0.00836. The summed E-state index contributed by atoms with van der Waals surface area (Å²) in [6.07, 6.45) is 4.11. The van der Waals surface area contributed by atoms with E-state index in [2.05, 4.69) is 9.97 Å². The lowest BCUT2D eigenvalue weighted by Gasteiger charge is -2.27. The number of para-hydroxylation sites is 1. The van der Waals surface area contributed by atoms with Crippen LogP contribution >= 0.6 is 11.6 Å². The Labute approximate surface area is 244 Å². The number of nitrogens with zero attached hydrogens (tertiary/aromatic N) is 4. The van der Waals surface area contributed by atoms with Gasteiger partial charge in [-0.3, -0.25) is 9.97 Å². The number of pyridine rings is 2. The molecule has 212 valence electrons. The van der Waals surface area contributed by atoms with E-state index >= 15 is 4.39 Å². The number of carboxylic acids is 1.